The van der Waals surface area contributed by atoms with Gasteiger partial charge in [-0.1, -0.05) is 25.1 Å². The minimum Gasteiger partial charge on any atom is -0.478 e. The van der Waals surface area contributed by atoms with E-state index in [0.29, 0.717) is 11.5 Å². The number of rotatable bonds is 2. The molecule has 3 aromatic rings. The number of fused-ring (bicyclic) bond motifs is 2. The number of hydrogen-bond acceptors (Lipinski definition) is 2. The Balaban J connectivity index is 2.01. The molecule has 26 heavy (non-hydrogen) atoms. The van der Waals surface area contributed by atoms with Crippen molar-refractivity contribution in [3.05, 3.63) is 69.1 Å². The summed E-state index contributed by atoms with van der Waals surface area (Å²) in [6.45, 7) is 8.75. The SMILES string of the molecule is Cc1c(-c2cc(C(=O)O)cs2)c(C)c2cc3c(cc2c1C)C(C)C=CC3. The van der Waals surface area contributed by atoms with Crippen LogP contribution in [0.15, 0.2) is 35.7 Å². The van der Waals surface area contributed by atoms with Crippen LogP contribution in [0.2, 0.25) is 0 Å². The van der Waals surface area contributed by atoms with Crippen molar-refractivity contribution in [1.82, 2.24) is 0 Å². The third kappa shape index (κ3) is 2.50. The van der Waals surface area contributed by atoms with Crippen LogP contribution >= 0.6 is 11.3 Å². The summed E-state index contributed by atoms with van der Waals surface area (Å²) in [5.74, 6) is -0.409. The van der Waals surface area contributed by atoms with E-state index in [1.165, 1.54) is 55.5 Å². The first kappa shape index (κ1) is 17.0. The van der Waals surface area contributed by atoms with E-state index < -0.39 is 5.97 Å². The van der Waals surface area contributed by atoms with Gasteiger partial charge in [0.05, 0.1) is 5.56 Å². The van der Waals surface area contributed by atoms with Gasteiger partial charge in [-0.05, 0) is 89.4 Å². The van der Waals surface area contributed by atoms with Gasteiger partial charge in [0.25, 0.3) is 0 Å². The van der Waals surface area contributed by atoms with Crippen LogP contribution in [0.4, 0.5) is 0 Å². The molecule has 4 rings (SSSR count). The second-order valence-corrected chi connectivity index (χ2v) is 8.18. The van der Waals surface area contributed by atoms with Crippen LogP contribution in [0, 0.1) is 20.8 Å². The second-order valence-electron chi connectivity index (χ2n) is 7.27. The summed E-state index contributed by atoms with van der Waals surface area (Å²) in [6, 6.07) is 6.52. The van der Waals surface area contributed by atoms with E-state index in [1.807, 2.05) is 0 Å². The highest BCUT2D eigenvalue weighted by molar-refractivity contribution is 7.13. The summed E-state index contributed by atoms with van der Waals surface area (Å²) in [7, 11) is 0. The maximum Gasteiger partial charge on any atom is 0.336 e. The first-order valence-corrected chi connectivity index (χ1v) is 9.81. The van der Waals surface area contributed by atoms with Crippen LogP contribution in [-0.4, -0.2) is 11.1 Å². The molecule has 0 saturated heterocycles. The molecule has 3 heteroatoms. The van der Waals surface area contributed by atoms with Gasteiger partial charge < -0.3 is 5.11 Å². The molecule has 1 N–H and O–H groups in total. The highest BCUT2D eigenvalue weighted by atomic mass is 32.1. The Kier molecular flexibility index (Phi) is 4.00. The van der Waals surface area contributed by atoms with E-state index in [4.69, 9.17) is 0 Å². The van der Waals surface area contributed by atoms with Gasteiger partial charge in [-0.2, -0.15) is 0 Å². The van der Waals surface area contributed by atoms with Gasteiger partial charge in [-0.25, -0.2) is 4.79 Å². The van der Waals surface area contributed by atoms with E-state index in [0.717, 1.165) is 11.3 Å². The largest absolute Gasteiger partial charge is 0.478 e. The Hall–Kier alpha value is -2.39. The molecule has 1 aliphatic rings. The Bertz CT molecular complexity index is 1090. The van der Waals surface area contributed by atoms with E-state index in [9.17, 15) is 9.90 Å². The highest BCUT2D eigenvalue weighted by Crippen LogP contribution is 2.41. The predicted octanol–water partition coefficient (Wildman–Crippen LogP) is 6.41. The number of allylic oxidation sites excluding steroid dienone is 2. The van der Waals surface area contributed by atoms with Gasteiger partial charge >= 0.3 is 5.97 Å². The fourth-order valence-corrected chi connectivity index (χ4v) is 5.18. The smallest absolute Gasteiger partial charge is 0.336 e. The van der Waals surface area contributed by atoms with Gasteiger partial charge in [0.2, 0.25) is 0 Å². The molecule has 1 heterocycles. The molecular formula is C23H22O2S. The summed E-state index contributed by atoms with van der Waals surface area (Å²) in [5.41, 5.74) is 8.16. The normalized spacial score (nSPS) is 16.1. The van der Waals surface area contributed by atoms with Crippen LogP contribution in [0.5, 0.6) is 0 Å². The zero-order valence-corrected chi connectivity index (χ0v) is 16.3. The number of carboxylic acid groups (broad SMARTS) is 1. The molecule has 1 aromatic heterocycles. The van der Waals surface area contributed by atoms with E-state index in [2.05, 4.69) is 52.0 Å². The maximum atomic E-state index is 11.3. The topological polar surface area (TPSA) is 37.3 Å². The maximum absolute atomic E-state index is 11.3. The number of thiophene rings is 1. The monoisotopic (exact) mass is 362 g/mol. The van der Waals surface area contributed by atoms with Gasteiger partial charge in [0.15, 0.2) is 0 Å². The van der Waals surface area contributed by atoms with E-state index >= 15 is 0 Å². The summed E-state index contributed by atoms with van der Waals surface area (Å²) in [4.78, 5) is 12.3. The van der Waals surface area contributed by atoms with Gasteiger partial charge in [0, 0.05) is 10.3 Å². The molecule has 0 amide bonds. The lowest BCUT2D eigenvalue weighted by Crippen LogP contribution is -2.04. The number of hydrogen-bond donors (Lipinski definition) is 1. The highest BCUT2D eigenvalue weighted by Gasteiger charge is 2.20. The number of carboxylic acids is 1. The molecule has 0 saturated carbocycles. The molecule has 132 valence electrons. The molecule has 0 fully saturated rings. The van der Waals surface area contributed by atoms with Gasteiger partial charge in [0.1, 0.15) is 0 Å². The molecule has 0 radical (unpaired) electrons. The van der Waals surface area contributed by atoms with Crippen molar-refractivity contribution in [3.63, 3.8) is 0 Å². The summed E-state index contributed by atoms with van der Waals surface area (Å²) < 4.78 is 0. The number of carbonyl (C=O) groups is 1. The van der Waals surface area contributed by atoms with E-state index in [1.54, 1.807) is 11.4 Å². The Morgan fingerprint density at radius 3 is 2.50 bits per heavy atom. The van der Waals surface area contributed by atoms with Crippen LogP contribution in [0.3, 0.4) is 0 Å². The van der Waals surface area contributed by atoms with Crippen molar-refractivity contribution >= 4 is 28.1 Å². The molecule has 2 nitrogen and oxygen atoms in total. The second kappa shape index (κ2) is 6.10. The van der Waals surface area contributed by atoms with Crippen molar-refractivity contribution in [3.8, 4) is 10.4 Å². The average molecular weight is 362 g/mol. The molecular weight excluding hydrogens is 340 g/mol. The summed E-state index contributed by atoms with van der Waals surface area (Å²) in [5, 5.41) is 13.6. The Morgan fingerprint density at radius 1 is 1.08 bits per heavy atom. The summed E-state index contributed by atoms with van der Waals surface area (Å²) >= 11 is 1.51. The number of aromatic carboxylic acids is 1. The van der Waals surface area contributed by atoms with E-state index in [-0.39, 0.29) is 0 Å². The lowest BCUT2D eigenvalue weighted by molar-refractivity contribution is 0.0697. The molecule has 1 aliphatic carbocycles. The molecule has 2 aromatic carbocycles. The fourth-order valence-electron chi connectivity index (χ4n) is 4.14. The van der Waals surface area contributed by atoms with Crippen LogP contribution in [0.25, 0.3) is 21.2 Å². The first-order chi connectivity index (χ1) is 12.4. The molecule has 0 spiro atoms. The van der Waals surface area contributed by atoms with Gasteiger partial charge in [-0.15, -0.1) is 11.3 Å². The standard InChI is InChI=1S/C23H22O2S/c1-12-6-5-7-16-8-19-15(4)22(21-9-17(11-26-21)23(24)25)14(3)13(2)20(19)10-18(12)16/h5-6,8-12H,7H2,1-4H3,(H,24,25). The zero-order chi connectivity index (χ0) is 18.6. The minimum atomic E-state index is -0.866. The zero-order valence-electron chi connectivity index (χ0n) is 15.5. The third-order valence-corrected chi connectivity index (χ3v) is 6.69. The third-order valence-electron chi connectivity index (χ3n) is 5.75. The average Bonchev–Trinajstić information content (AvgIpc) is 3.09. The van der Waals surface area contributed by atoms with Crippen molar-refractivity contribution < 1.29 is 9.90 Å². The molecule has 0 aliphatic heterocycles. The van der Waals surface area contributed by atoms with Gasteiger partial charge in [-0.3, -0.25) is 0 Å². The first-order valence-electron chi connectivity index (χ1n) is 8.93. The Labute approximate surface area is 157 Å². The molecule has 1 atom stereocenters. The molecule has 0 bridgehead atoms. The molecule has 1 unspecified atom stereocenters. The predicted molar refractivity (Wildman–Crippen MR) is 110 cm³/mol. The van der Waals surface area contributed by atoms with Crippen molar-refractivity contribution in [1.29, 1.82) is 0 Å². The lowest BCUT2D eigenvalue weighted by atomic mass is 9.83. The van der Waals surface area contributed by atoms with Crippen molar-refractivity contribution in [2.75, 3.05) is 0 Å². The number of aryl methyl sites for hydroxylation is 2. The minimum absolute atomic E-state index is 0.367. The van der Waals surface area contributed by atoms with Crippen molar-refractivity contribution in [2.45, 2.75) is 40.0 Å². The van der Waals surface area contributed by atoms with Crippen LogP contribution < -0.4 is 0 Å². The van der Waals surface area contributed by atoms with Crippen LogP contribution in [0.1, 0.15) is 51.0 Å². The fraction of sp³-hybridized carbons (Fsp3) is 0.261. The summed E-state index contributed by atoms with van der Waals surface area (Å²) in [6.07, 6.45) is 5.53. The number of benzene rings is 2. The lowest BCUT2D eigenvalue weighted by Gasteiger charge is -2.22. The van der Waals surface area contributed by atoms with Crippen molar-refractivity contribution in [2.24, 2.45) is 0 Å². The van der Waals surface area contributed by atoms with Crippen LogP contribution in [-0.2, 0) is 6.42 Å². The Morgan fingerprint density at radius 2 is 1.81 bits per heavy atom. The quantitative estimate of drug-likeness (QED) is 0.535.